The zero-order valence-electron chi connectivity index (χ0n) is 17.4. The lowest BCUT2D eigenvalue weighted by molar-refractivity contribution is -0.137. The number of hydrogen-bond donors (Lipinski definition) is 2. The van der Waals surface area contributed by atoms with E-state index in [0.717, 1.165) is 23.8 Å². The van der Waals surface area contributed by atoms with E-state index >= 15 is 0 Å². The van der Waals surface area contributed by atoms with Gasteiger partial charge in [-0.05, 0) is 47.9 Å². The Bertz CT molecular complexity index is 994. The Hall–Kier alpha value is -3.38. The average Bonchev–Trinajstić information content (AvgIpc) is 3.27. The van der Waals surface area contributed by atoms with Gasteiger partial charge in [-0.1, -0.05) is 42.5 Å². The Kier molecular flexibility index (Phi) is 8.84. The van der Waals surface area contributed by atoms with E-state index in [2.05, 4.69) is 40.8 Å². The molecule has 3 aromatic rings. The quantitative estimate of drug-likeness (QED) is 0.387. The van der Waals surface area contributed by atoms with Gasteiger partial charge in [0.1, 0.15) is 5.75 Å². The molecule has 1 saturated heterocycles. The fraction of sp³-hybridized carbons (Fsp3) is 0.250. The molecular formula is C24H28N2O4. The molecule has 1 heterocycles. The van der Waals surface area contributed by atoms with Crippen molar-refractivity contribution < 1.29 is 19.1 Å². The number of carbonyl (C=O) groups excluding carboxylic acids is 2. The van der Waals surface area contributed by atoms with Crippen LogP contribution < -0.4 is 16.2 Å². The van der Waals surface area contributed by atoms with E-state index in [1.807, 2.05) is 12.1 Å². The molecule has 1 aliphatic heterocycles. The van der Waals surface area contributed by atoms with Gasteiger partial charge in [0, 0.05) is 18.2 Å². The van der Waals surface area contributed by atoms with Gasteiger partial charge in [0.15, 0.2) is 6.29 Å². The van der Waals surface area contributed by atoms with Gasteiger partial charge in [0.05, 0.1) is 19.3 Å². The first-order chi connectivity index (χ1) is 14.6. The number of cyclic esters (lactones) is 1. The Labute approximate surface area is 176 Å². The highest BCUT2D eigenvalue weighted by Gasteiger charge is 2.09. The van der Waals surface area contributed by atoms with Gasteiger partial charge in [-0.2, -0.15) is 0 Å². The number of carbonyl (C=O) groups is 2. The van der Waals surface area contributed by atoms with Crippen LogP contribution in [0.3, 0.4) is 0 Å². The van der Waals surface area contributed by atoms with Gasteiger partial charge in [-0.15, -0.1) is 0 Å². The summed E-state index contributed by atoms with van der Waals surface area (Å²) in [6.07, 6.45) is 3.02. The van der Waals surface area contributed by atoms with Crippen molar-refractivity contribution >= 4 is 28.7 Å². The highest BCUT2D eigenvalue weighted by Crippen LogP contribution is 2.27. The molecule has 0 amide bonds. The molecule has 0 atom stereocenters. The molecule has 0 aliphatic carbocycles. The van der Waals surface area contributed by atoms with Gasteiger partial charge in [0.25, 0.3) is 0 Å². The summed E-state index contributed by atoms with van der Waals surface area (Å²) < 4.78 is 9.68. The Morgan fingerprint density at radius 1 is 1.07 bits per heavy atom. The molecule has 158 valence electrons. The number of ether oxygens (including phenoxy) is 2. The number of nitrogens with two attached hydrogens (primary N) is 2. The fourth-order valence-electron chi connectivity index (χ4n) is 3.12. The second kappa shape index (κ2) is 11.6. The fourth-order valence-corrected chi connectivity index (χ4v) is 3.12. The summed E-state index contributed by atoms with van der Waals surface area (Å²) in [5, 5.41) is 2.41. The molecule has 1 aliphatic rings. The van der Waals surface area contributed by atoms with Gasteiger partial charge in [-0.3, -0.25) is 9.59 Å². The van der Waals surface area contributed by atoms with Crippen molar-refractivity contribution in [3.8, 4) is 5.75 Å². The predicted octanol–water partition coefficient (Wildman–Crippen LogP) is 3.73. The summed E-state index contributed by atoms with van der Waals surface area (Å²) in [7, 11) is 3.03. The molecule has 30 heavy (non-hydrogen) atoms. The molecular weight excluding hydrogens is 380 g/mol. The van der Waals surface area contributed by atoms with Crippen LogP contribution >= 0.6 is 0 Å². The number of anilines is 1. The number of fused-ring (bicyclic) bond motifs is 1. The molecule has 4 rings (SSSR count). The lowest BCUT2D eigenvalue weighted by atomic mass is 9.98. The van der Waals surface area contributed by atoms with E-state index < -0.39 is 0 Å². The minimum atomic E-state index is -0.0463. The van der Waals surface area contributed by atoms with E-state index in [1.54, 1.807) is 12.1 Å². The normalized spacial score (nSPS) is 12.2. The SMILES string of the molecule is CN.COc1cc(N)c(Cc2ccc3ccccc3c2)cc1C=O.O=C1CCCO1. The molecule has 6 heteroatoms. The van der Waals surface area contributed by atoms with Crippen LogP contribution in [0.1, 0.15) is 34.3 Å². The first-order valence-electron chi connectivity index (χ1n) is 9.73. The Balaban J connectivity index is 0.000000340. The number of esters is 1. The van der Waals surface area contributed by atoms with Crippen LogP contribution in [0.15, 0.2) is 54.6 Å². The van der Waals surface area contributed by atoms with Crippen molar-refractivity contribution in [1.29, 1.82) is 0 Å². The standard InChI is InChI=1S/C19H17NO2.C4H6O2.CH5N/c1-22-19-11-18(20)16(10-17(19)12-21)9-13-6-7-14-4-2-3-5-15(14)8-13;5-4-2-1-3-6-4;1-2/h2-8,10-12H,9,20H2,1H3;1-3H2;2H2,1H3. The van der Waals surface area contributed by atoms with Crippen molar-refractivity contribution in [2.24, 2.45) is 5.73 Å². The van der Waals surface area contributed by atoms with E-state index in [9.17, 15) is 9.59 Å². The monoisotopic (exact) mass is 408 g/mol. The zero-order chi connectivity index (χ0) is 21.9. The van der Waals surface area contributed by atoms with Crippen molar-refractivity contribution in [1.82, 2.24) is 0 Å². The summed E-state index contributed by atoms with van der Waals surface area (Å²) in [4.78, 5) is 21.2. The molecule has 3 aromatic carbocycles. The van der Waals surface area contributed by atoms with Crippen LogP contribution in [0.25, 0.3) is 10.8 Å². The van der Waals surface area contributed by atoms with Crippen LogP contribution in [0, 0.1) is 0 Å². The van der Waals surface area contributed by atoms with Crippen LogP contribution in [-0.2, 0) is 16.0 Å². The number of hydrogen-bond acceptors (Lipinski definition) is 6. The smallest absolute Gasteiger partial charge is 0.305 e. The van der Waals surface area contributed by atoms with E-state index in [1.165, 1.54) is 24.9 Å². The predicted molar refractivity (Wildman–Crippen MR) is 120 cm³/mol. The van der Waals surface area contributed by atoms with Crippen molar-refractivity contribution in [2.75, 3.05) is 26.5 Å². The molecule has 0 unspecified atom stereocenters. The maximum atomic E-state index is 11.2. The highest BCUT2D eigenvalue weighted by molar-refractivity contribution is 5.84. The Morgan fingerprint density at radius 3 is 2.37 bits per heavy atom. The number of nitrogen functional groups attached to an aromatic ring is 1. The van der Waals surface area contributed by atoms with E-state index in [0.29, 0.717) is 36.4 Å². The van der Waals surface area contributed by atoms with Crippen LogP contribution in [-0.4, -0.2) is 33.0 Å². The van der Waals surface area contributed by atoms with Crippen molar-refractivity contribution in [2.45, 2.75) is 19.3 Å². The summed E-state index contributed by atoms with van der Waals surface area (Å²) in [6, 6.07) is 18.1. The maximum Gasteiger partial charge on any atom is 0.305 e. The number of aldehydes is 1. The van der Waals surface area contributed by atoms with Gasteiger partial charge in [-0.25, -0.2) is 0 Å². The lowest BCUT2D eigenvalue weighted by Gasteiger charge is -2.11. The third-order valence-electron chi connectivity index (χ3n) is 4.62. The Morgan fingerprint density at radius 2 is 1.80 bits per heavy atom. The number of rotatable bonds is 4. The summed E-state index contributed by atoms with van der Waals surface area (Å²) in [5.41, 5.74) is 13.8. The zero-order valence-corrected chi connectivity index (χ0v) is 17.4. The summed E-state index contributed by atoms with van der Waals surface area (Å²) >= 11 is 0. The van der Waals surface area contributed by atoms with Gasteiger partial charge >= 0.3 is 5.97 Å². The second-order valence-corrected chi connectivity index (χ2v) is 6.59. The third kappa shape index (κ3) is 6.06. The van der Waals surface area contributed by atoms with Crippen LogP contribution in [0.5, 0.6) is 5.75 Å². The van der Waals surface area contributed by atoms with E-state index in [4.69, 9.17) is 10.5 Å². The average molecular weight is 408 g/mol. The van der Waals surface area contributed by atoms with E-state index in [-0.39, 0.29) is 5.97 Å². The van der Waals surface area contributed by atoms with Gasteiger partial charge in [0.2, 0.25) is 0 Å². The third-order valence-corrected chi connectivity index (χ3v) is 4.62. The maximum absolute atomic E-state index is 11.2. The van der Waals surface area contributed by atoms with Crippen molar-refractivity contribution in [3.05, 3.63) is 71.3 Å². The highest BCUT2D eigenvalue weighted by atomic mass is 16.5. The van der Waals surface area contributed by atoms with Gasteiger partial charge < -0.3 is 20.9 Å². The minimum absolute atomic E-state index is 0.0463. The first kappa shape index (κ1) is 22.9. The molecule has 0 radical (unpaired) electrons. The number of benzene rings is 3. The minimum Gasteiger partial charge on any atom is -0.496 e. The molecule has 4 N–H and O–H groups in total. The molecule has 0 bridgehead atoms. The summed E-state index contributed by atoms with van der Waals surface area (Å²) in [5.74, 6) is 0.463. The second-order valence-electron chi connectivity index (χ2n) is 6.59. The van der Waals surface area contributed by atoms with Crippen molar-refractivity contribution in [3.63, 3.8) is 0 Å². The van der Waals surface area contributed by atoms with Crippen LogP contribution in [0.4, 0.5) is 5.69 Å². The molecule has 1 fully saturated rings. The molecule has 6 nitrogen and oxygen atoms in total. The number of methoxy groups -OCH3 is 1. The molecule has 0 saturated carbocycles. The molecule has 0 spiro atoms. The topological polar surface area (TPSA) is 105 Å². The first-order valence-corrected chi connectivity index (χ1v) is 9.73. The van der Waals surface area contributed by atoms with Crippen LogP contribution in [0.2, 0.25) is 0 Å². The molecule has 0 aromatic heterocycles. The summed E-state index contributed by atoms with van der Waals surface area (Å²) in [6.45, 7) is 0.638. The lowest BCUT2D eigenvalue weighted by Crippen LogP contribution is -2.00. The largest absolute Gasteiger partial charge is 0.496 e.